The zero-order valence-electron chi connectivity index (χ0n) is 7.27. The summed E-state index contributed by atoms with van der Waals surface area (Å²) in [5.74, 6) is 3.45. The molecule has 72 valence electrons. The molecule has 2 fully saturated rings. The Morgan fingerprint density at radius 2 is 1.33 bits per heavy atom. The largest absolute Gasteiger partial charge is 0.243 e. The van der Waals surface area contributed by atoms with E-state index in [2.05, 4.69) is 0 Å². The smallest absolute Gasteiger partial charge is 0.139 e. The molecule has 0 aromatic rings. The molecule has 0 aromatic carbocycles. The van der Waals surface area contributed by atoms with Crippen molar-refractivity contribution in [2.45, 2.75) is 31.6 Å². The molecule has 0 saturated carbocycles. The van der Waals surface area contributed by atoms with Crippen molar-refractivity contribution in [1.82, 2.24) is 0 Å². The summed E-state index contributed by atoms with van der Waals surface area (Å²) < 4.78 is 26.0. The Hall–Kier alpha value is 0.210. The van der Waals surface area contributed by atoms with Crippen LogP contribution in [0.3, 0.4) is 0 Å². The number of halogens is 2. The average molecular weight is 194 g/mol. The van der Waals surface area contributed by atoms with E-state index in [1.54, 1.807) is 0 Å². The first kappa shape index (κ1) is 8.79. The normalized spacial score (nSPS) is 43.2. The Bertz CT molecular complexity index is 154. The van der Waals surface area contributed by atoms with Gasteiger partial charge in [-0.1, -0.05) is 6.42 Å². The first-order chi connectivity index (χ1) is 5.72. The summed E-state index contributed by atoms with van der Waals surface area (Å²) in [7, 11) is -0.811. The summed E-state index contributed by atoms with van der Waals surface area (Å²) in [6.45, 7) is 0. The van der Waals surface area contributed by atoms with Gasteiger partial charge in [0, 0.05) is 11.5 Å². The minimum atomic E-state index is -1.13. The predicted octanol–water partition coefficient (Wildman–Crippen LogP) is 2.66. The molecule has 2 rings (SSSR count). The number of rotatable bonds is 0. The molecule has 3 heteroatoms. The van der Waals surface area contributed by atoms with E-state index in [-0.39, 0.29) is 0 Å². The molecular formula is C9H16F2S. The standard InChI is InChI=1S/C9H16F2S/c10-8-6-12(7-9(8)11)4-2-1-3-5-12/h8-9H,1-7H2. The quantitative estimate of drug-likeness (QED) is 0.556. The molecule has 0 aromatic heterocycles. The molecule has 2 atom stereocenters. The third-order valence-corrected chi connectivity index (χ3v) is 7.43. The van der Waals surface area contributed by atoms with E-state index in [9.17, 15) is 8.78 Å². The SMILES string of the molecule is FC1CS2(CCCCC2)CC1F. The second-order valence-corrected chi connectivity index (χ2v) is 7.99. The molecule has 0 nitrogen and oxygen atoms in total. The lowest BCUT2D eigenvalue weighted by molar-refractivity contribution is 0.217. The summed E-state index contributed by atoms with van der Waals surface area (Å²) in [4.78, 5) is 0. The Labute approximate surface area is 74.0 Å². The van der Waals surface area contributed by atoms with Gasteiger partial charge in [-0.25, -0.2) is 18.8 Å². The van der Waals surface area contributed by atoms with Crippen LogP contribution in [0.2, 0.25) is 0 Å². The van der Waals surface area contributed by atoms with Gasteiger partial charge in [0.05, 0.1) is 0 Å². The summed E-state index contributed by atoms with van der Waals surface area (Å²) in [6.07, 6.45) is 1.46. The van der Waals surface area contributed by atoms with Crippen LogP contribution in [0.25, 0.3) is 0 Å². The van der Waals surface area contributed by atoms with Gasteiger partial charge >= 0.3 is 0 Å². The molecule has 12 heavy (non-hydrogen) atoms. The Morgan fingerprint density at radius 1 is 0.833 bits per heavy atom. The Balaban J connectivity index is 2.02. The van der Waals surface area contributed by atoms with Gasteiger partial charge in [-0.3, -0.25) is 0 Å². The highest BCUT2D eigenvalue weighted by atomic mass is 32.3. The molecule has 1 spiro atoms. The van der Waals surface area contributed by atoms with E-state index in [0.29, 0.717) is 11.5 Å². The monoisotopic (exact) mass is 194 g/mol. The van der Waals surface area contributed by atoms with Gasteiger partial charge in [0.25, 0.3) is 0 Å². The van der Waals surface area contributed by atoms with Crippen LogP contribution in [-0.4, -0.2) is 35.4 Å². The summed E-state index contributed by atoms with van der Waals surface area (Å²) in [5.41, 5.74) is 0. The van der Waals surface area contributed by atoms with E-state index in [1.165, 1.54) is 19.3 Å². The molecule has 0 bridgehead atoms. The van der Waals surface area contributed by atoms with Crippen molar-refractivity contribution in [2.75, 3.05) is 23.0 Å². The molecular weight excluding hydrogens is 178 g/mol. The van der Waals surface area contributed by atoms with Crippen molar-refractivity contribution in [3.8, 4) is 0 Å². The van der Waals surface area contributed by atoms with Crippen LogP contribution in [-0.2, 0) is 0 Å². The van der Waals surface area contributed by atoms with Crippen LogP contribution in [0.15, 0.2) is 0 Å². The second kappa shape index (κ2) is 3.17. The van der Waals surface area contributed by atoms with Crippen molar-refractivity contribution in [3.05, 3.63) is 0 Å². The van der Waals surface area contributed by atoms with Crippen LogP contribution in [0.1, 0.15) is 19.3 Å². The van der Waals surface area contributed by atoms with Gasteiger partial charge in [-0.05, 0) is 24.3 Å². The highest BCUT2D eigenvalue weighted by molar-refractivity contribution is 8.34. The molecule has 2 unspecified atom stereocenters. The van der Waals surface area contributed by atoms with Gasteiger partial charge in [-0.2, -0.15) is 0 Å². The van der Waals surface area contributed by atoms with Crippen molar-refractivity contribution < 1.29 is 8.78 Å². The Kier molecular flexibility index (Phi) is 2.32. The van der Waals surface area contributed by atoms with Gasteiger partial charge in [0.1, 0.15) is 12.3 Å². The fraction of sp³-hybridized carbons (Fsp3) is 1.00. The third-order valence-electron chi connectivity index (χ3n) is 3.07. The second-order valence-electron chi connectivity index (χ2n) is 4.06. The van der Waals surface area contributed by atoms with E-state index in [4.69, 9.17) is 0 Å². The summed E-state index contributed by atoms with van der Waals surface area (Å²) in [6, 6.07) is 0. The Morgan fingerprint density at radius 3 is 1.83 bits per heavy atom. The predicted molar refractivity (Wildman–Crippen MR) is 50.7 cm³/mol. The number of hydrogen-bond acceptors (Lipinski definition) is 0. The van der Waals surface area contributed by atoms with Crippen LogP contribution in [0, 0.1) is 0 Å². The first-order valence-corrected chi connectivity index (χ1v) is 7.05. The summed E-state index contributed by atoms with van der Waals surface area (Å²) >= 11 is 0. The van der Waals surface area contributed by atoms with Crippen LogP contribution < -0.4 is 0 Å². The van der Waals surface area contributed by atoms with Crippen LogP contribution >= 0.6 is 10.0 Å². The molecule has 0 aliphatic carbocycles. The highest BCUT2D eigenvalue weighted by Crippen LogP contribution is 2.58. The van der Waals surface area contributed by atoms with Gasteiger partial charge in [0.2, 0.25) is 0 Å². The maximum Gasteiger partial charge on any atom is 0.139 e. The van der Waals surface area contributed by atoms with Crippen molar-refractivity contribution in [1.29, 1.82) is 0 Å². The summed E-state index contributed by atoms with van der Waals surface area (Å²) in [5, 5.41) is 0. The van der Waals surface area contributed by atoms with Crippen molar-refractivity contribution in [3.63, 3.8) is 0 Å². The van der Waals surface area contributed by atoms with E-state index < -0.39 is 22.4 Å². The maximum atomic E-state index is 13.0. The minimum Gasteiger partial charge on any atom is -0.243 e. The fourth-order valence-electron chi connectivity index (χ4n) is 2.38. The average Bonchev–Trinajstić information content (AvgIpc) is 2.29. The van der Waals surface area contributed by atoms with E-state index in [1.807, 2.05) is 0 Å². The van der Waals surface area contributed by atoms with Gasteiger partial charge in [-0.15, -0.1) is 0 Å². The first-order valence-electron chi connectivity index (χ1n) is 4.74. The molecule has 0 N–H and O–H groups in total. The highest BCUT2D eigenvalue weighted by Gasteiger charge is 2.42. The van der Waals surface area contributed by atoms with E-state index >= 15 is 0 Å². The molecule has 2 aliphatic rings. The van der Waals surface area contributed by atoms with Gasteiger partial charge < -0.3 is 0 Å². The molecule has 2 heterocycles. The number of alkyl halides is 2. The minimum absolute atomic E-state index is 0.578. The van der Waals surface area contributed by atoms with E-state index in [0.717, 1.165) is 11.5 Å². The fourth-order valence-corrected chi connectivity index (χ4v) is 6.79. The zero-order chi connectivity index (χ0) is 8.60. The van der Waals surface area contributed by atoms with Crippen molar-refractivity contribution in [2.24, 2.45) is 0 Å². The lowest BCUT2D eigenvalue weighted by Crippen LogP contribution is -2.17. The topological polar surface area (TPSA) is 0 Å². The van der Waals surface area contributed by atoms with Crippen molar-refractivity contribution >= 4 is 10.0 Å². The zero-order valence-corrected chi connectivity index (χ0v) is 8.09. The lowest BCUT2D eigenvalue weighted by Gasteiger charge is -2.38. The van der Waals surface area contributed by atoms with Gasteiger partial charge in [0.15, 0.2) is 0 Å². The molecule has 0 radical (unpaired) electrons. The lowest BCUT2D eigenvalue weighted by atomic mass is 10.3. The molecule has 0 amide bonds. The van der Waals surface area contributed by atoms with Crippen LogP contribution in [0.4, 0.5) is 8.78 Å². The molecule has 2 aliphatic heterocycles. The maximum absolute atomic E-state index is 13.0. The number of hydrogen-bond donors (Lipinski definition) is 0. The third kappa shape index (κ3) is 1.48. The van der Waals surface area contributed by atoms with Crippen LogP contribution in [0.5, 0.6) is 0 Å². The molecule has 2 saturated heterocycles.